The summed E-state index contributed by atoms with van der Waals surface area (Å²) in [5.74, 6) is 0. The third-order valence-electron chi connectivity index (χ3n) is 3.56. The third kappa shape index (κ3) is 8.90. The van der Waals surface area contributed by atoms with Crippen molar-refractivity contribution in [3.63, 3.8) is 0 Å². The van der Waals surface area contributed by atoms with Crippen LogP contribution in [0.3, 0.4) is 0 Å². The molecular weight excluding hydrogens is 252 g/mol. The Labute approximate surface area is 125 Å². The maximum atomic E-state index is 5.44. The molecule has 2 N–H and O–H groups in total. The fourth-order valence-corrected chi connectivity index (χ4v) is 2.34. The highest BCUT2D eigenvalue weighted by atomic mass is 16.5. The molecule has 0 amide bonds. The van der Waals surface area contributed by atoms with E-state index in [1.165, 1.54) is 25.7 Å². The Morgan fingerprint density at radius 3 is 1.45 bits per heavy atom. The number of hydrogen-bond donors (Lipinski definition) is 2. The summed E-state index contributed by atoms with van der Waals surface area (Å²) in [5, 5.41) is 6.72. The average molecular weight is 286 g/mol. The molecule has 0 radical (unpaired) electrons. The molecule has 120 valence electrons. The van der Waals surface area contributed by atoms with Crippen LogP contribution in [0.1, 0.15) is 53.4 Å². The lowest BCUT2D eigenvalue weighted by Crippen LogP contribution is -2.31. The molecule has 2 aliphatic rings. The van der Waals surface area contributed by atoms with Gasteiger partial charge in [-0.25, -0.2) is 0 Å². The SMILES string of the molecule is CC(C)NCC1CCCO1.CC(C)NC[C@@H]1CCCO1. The second-order valence-corrected chi connectivity index (χ2v) is 6.40. The van der Waals surface area contributed by atoms with E-state index < -0.39 is 0 Å². The molecule has 4 nitrogen and oxygen atoms in total. The smallest absolute Gasteiger partial charge is 0.0700 e. The largest absolute Gasteiger partial charge is 0.377 e. The number of rotatable bonds is 6. The van der Waals surface area contributed by atoms with Crippen LogP contribution < -0.4 is 10.6 Å². The quantitative estimate of drug-likeness (QED) is 0.786. The summed E-state index contributed by atoms with van der Waals surface area (Å²) < 4.78 is 10.9. The van der Waals surface area contributed by atoms with E-state index in [2.05, 4.69) is 38.3 Å². The van der Waals surface area contributed by atoms with E-state index in [0.29, 0.717) is 24.3 Å². The van der Waals surface area contributed by atoms with Crippen molar-refractivity contribution in [2.45, 2.75) is 77.7 Å². The lowest BCUT2D eigenvalue weighted by molar-refractivity contribution is 0.108. The van der Waals surface area contributed by atoms with E-state index in [-0.39, 0.29) is 0 Å². The first-order chi connectivity index (χ1) is 9.58. The first-order valence-corrected chi connectivity index (χ1v) is 8.28. The second-order valence-electron chi connectivity index (χ2n) is 6.40. The first-order valence-electron chi connectivity index (χ1n) is 8.28. The van der Waals surface area contributed by atoms with Gasteiger partial charge in [-0.1, -0.05) is 27.7 Å². The minimum atomic E-state index is 0.488. The Bertz CT molecular complexity index is 199. The molecule has 0 aliphatic carbocycles. The van der Waals surface area contributed by atoms with E-state index >= 15 is 0 Å². The van der Waals surface area contributed by atoms with Crippen molar-refractivity contribution in [2.75, 3.05) is 26.3 Å². The summed E-state index contributed by atoms with van der Waals surface area (Å²) >= 11 is 0. The van der Waals surface area contributed by atoms with Gasteiger partial charge in [0.2, 0.25) is 0 Å². The molecular formula is C16H34N2O2. The lowest BCUT2D eigenvalue weighted by Gasteiger charge is -2.12. The van der Waals surface area contributed by atoms with Crippen molar-refractivity contribution in [1.82, 2.24) is 10.6 Å². The molecule has 2 saturated heterocycles. The molecule has 1 unspecified atom stereocenters. The van der Waals surface area contributed by atoms with Crippen molar-refractivity contribution in [3.05, 3.63) is 0 Å². The average Bonchev–Trinajstić information content (AvgIpc) is 3.08. The van der Waals surface area contributed by atoms with Crippen molar-refractivity contribution < 1.29 is 9.47 Å². The normalized spacial score (nSPS) is 26.1. The molecule has 0 saturated carbocycles. The summed E-state index contributed by atoms with van der Waals surface area (Å²) in [6.45, 7) is 12.6. The van der Waals surface area contributed by atoms with Gasteiger partial charge in [0, 0.05) is 38.4 Å². The van der Waals surface area contributed by atoms with Crippen LogP contribution in [-0.2, 0) is 9.47 Å². The van der Waals surface area contributed by atoms with Crippen molar-refractivity contribution in [3.8, 4) is 0 Å². The Balaban J connectivity index is 0.000000200. The zero-order valence-electron chi connectivity index (χ0n) is 13.8. The molecule has 0 aromatic rings. The van der Waals surface area contributed by atoms with Gasteiger partial charge in [0.15, 0.2) is 0 Å². The van der Waals surface area contributed by atoms with E-state index in [0.717, 1.165) is 26.3 Å². The zero-order valence-corrected chi connectivity index (χ0v) is 13.8. The highest BCUT2D eigenvalue weighted by molar-refractivity contribution is 4.69. The number of nitrogens with one attached hydrogen (secondary N) is 2. The molecule has 0 spiro atoms. The highest BCUT2D eigenvalue weighted by Gasteiger charge is 2.15. The monoisotopic (exact) mass is 286 g/mol. The Hall–Kier alpha value is -0.160. The van der Waals surface area contributed by atoms with Crippen LogP contribution >= 0.6 is 0 Å². The zero-order chi connectivity index (χ0) is 14.8. The van der Waals surface area contributed by atoms with Gasteiger partial charge in [-0.15, -0.1) is 0 Å². The van der Waals surface area contributed by atoms with Gasteiger partial charge >= 0.3 is 0 Å². The molecule has 0 bridgehead atoms. The summed E-state index contributed by atoms with van der Waals surface area (Å²) in [6, 6.07) is 1.17. The maximum Gasteiger partial charge on any atom is 0.0700 e. The highest BCUT2D eigenvalue weighted by Crippen LogP contribution is 2.11. The van der Waals surface area contributed by atoms with Crippen molar-refractivity contribution >= 4 is 0 Å². The fraction of sp³-hybridized carbons (Fsp3) is 1.00. The molecule has 0 aromatic heterocycles. The number of ether oxygens (including phenoxy) is 2. The maximum absolute atomic E-state index is 5.44. The minimum absolute atomic E-state index is 0.488. The van der Waals surface area contributed by atoms with Crippen LogP contribution in [0.4, 0.5) is 0 Å². The molecule has 2 rings (SSSR count). The van der Waals surface area contributed by atoms with E-state index in [1.807, 2.05) is 0 Å². The fourth-order valence-electron chi connectivity index (χ4n) is 2.34. The van der Waals surface area contributed by atoms with Gasteiger partial charge in [0.05, 0.1) is 12.2 Å². The van der Waals surface area contributed by atoms with Gasteiger partial charge in [-0.2, -0.15) is 0 Å². The molecule has 20 heavy (non-hydrogen) atoms. The minimum Gasteiger partial charge on any atom is -0.377 e. The lowest BCUT2D eigenvalue weighted by atomic mass is 10.2. The van der Waals surface area contributed by atoms with Crippen LogP contribution in [0.2, 0.25) is 0 Å². The summed E-state index contributed by atoms with van der Waals surface area (Å²) in [7, 11) is 0. The molecule has 2 fully saturated rings. The summed E-state index contributed by atoms with van der Waals surface area (Å²) in [5.41, 5.74) is 0. The molecule has 0 aromatic carbocycles. The van der Waals surface area contributed by atoms with E-state index in [9.17, 15) is 0 Å². The van der Waals surface area contributed by atoms with Crippen molar-refractivity contribution in [2.24, 2.45) is 0 Å². The van der Waals surface area contributed by atoms with Gasteiger partial charge in [-0.05, 0) is 25.7 Å². The summed E-state index contributed by atoms with van der Waals surface area (Å²) in [4.78, 5) is 0. The van der Waals surface area contributed by atoms with Gasteiger partial charge in [-0.3, -0.25) is 0 Å². The standard InChI is InChI=1S/2C8H17NO/c2*1-7(2)9-6-8-4-3-5-10-8/h2*7-9H,3-6H2,1-2H3/t8-;/m0./s1. The Kier molecular flexibility index (Phi) is 9.44. The van der Waals surface area contributed by atoms with Crippen LogP contribution in [0.15, 0.2) is 0 Å². The molecule has 2 atom stereocenters. The van der Waals surface area contributed by atoms with Crippen LogP contribution in [-0.4, -0.2) is 50.6 Å². The molecule has 2 heterocycles. The van der Waals surface area contributed by atoms with Crippen LogP contribution in [0, 0.1) is 0 Å². The van der Waals surface area contributed by atoms with E-state index in [1.54, 1.807) is 0 Å². The molecule has 2 aliphatic heterocycles. The van der Waals surface area contributed by atoms with Gasteiger partial charge in [0.25, 0.3) is 0 Å². The first kappa shape index (κ1) is 17.9. The third-order valence-corrected chi connectivity index (χ3v) is 3.56. The van der Waals surface area contributed by atoms with Crippen molar-refractivity contribution in [1.29, 1.82) is 0 Å². The second kappa shape index (κ2) is 10.6. The Morgan fingerprint density at radius 1 is 0.800 bits per heavy atom. The number of hydrogen-bond acceptors (Lipinski definition) is 4. The topological polar surface area (TPSA) is 42.5 Å². The van der Waals surface area contributed by atoms with Gasteiger partial charge < -0.3 is 20.1 Å². The predicted molar refractivity (Wildman–Crippen MR) is 84.2 cm³/mol. The van der Waals surface area contributed by atoms with Crippen LogP contribution in [0.5, 0.6) is 0 Å². The predicted octanol–water partition coefficient (Wildman–Crippen LogP) is 2.33. The van der Waals surface area contributed by atoms with Crippen LogP contribution in [0.25, 0.3) is 0 Å². The van der Waals surface area contributed by atoms with E-state index in [4.69, 9.17) is 9.47 Å². The molecule has 4 heteroatoms. The Morgan fingerprint density at radius 2 is 1.20 bits per heavy atom. The summed E-state index contributed by atoms with van der Waals surface area (Å²) in [6.07, 6.45) is 5.93. The van der Waals surface area contributed by atoms with Gasteiger partial charge in [0.1, 0.15) is 0 Å².